The highest BCUT2D eigenvalue weighted by molar-refractivity contribution is 5.95. The van der Waals surface area contributed by atoms with E-state index < -0.39 is 5.60 Å². The molecule has 7 heteroatoms. The van der Waals surface area contributed by atoms with Crippen LogP contribution in [0.4, 0.5) is 4.79 Å². The van der Waals surface area contributed by atoms with Crippen LogP contribution in [-0.4, -0.2) is 47.1 Å². The molecule has 2 fully saturated rings. The number of piperidine rings is 1. The first-order valence-electron chi connectivity index (χ1n) is 8.91. The molecule has 1 aliphatic heterocycles. The van der Waals surface area contributed by atoms with Gasteiger partial charge in [0.05, 0.1) is 6.20 Å². The van der Waals surface area contributed by atoms with Gasteiger partial charge in [0.15, 0.2) is 11.3 Å². The largest absolute Gasteiger partial charge is 0.449 e. The standard InChI is InChI=1S/C19H23N3O4/c1-19(2,3)26-18(24)22-9-13-12(14(13)10-22)7-21-17(23)15-6-11-4-5-20-8-16(11)25-15/h4-6,8,12-14H,7,9-10H2,1-3H3,(H,21,23). The predicted octanol–water partition coefficient (Wildman–Crippen LogP) is 2.67. The van der Waals surface area contributed by atoms with E-state index in [0.29, 0.717) is 48.7 Å². The fourth-order valence-corrected chi connectivity index (χ4v) is 3.72. The molecular formula is C19H23N3O4. The first-order valence-corrected chi connectivity index (χ1v) is 8.91. The van der Waals surface area contributed by atoms with Gasteiger partial charge in [0, 0.05) is 31.2 Å². The second kappa shape index (κ2) is 6.00. The lowest BCUT2D eigenvalue weighted by molar-refractivity contribution is 0.0265. The summed E-state index contributed by atoms with van der Waals surface area (Å²) >= 11 is 0. The zero-order valence-electron chi connectivity index (χ0n) is 15.2. The Morgan fingerprint density at radius 1 is 1.35 bits per heavy atom. The highest BCUT2D eigenvalue weighted by atomic mass is 16.6. The molecule has 138 valence electrons. The Morgan fingerprint density at radius 2 is 2.08 bits per heavy atom. The highest BCUT2D eigenvalue weighted by Gasteiger charge is 2.56. The van der Waals surface area contributed by atoms with Crippen molar-refractivity contribution in [3.63, 3.8) is 0 Å². The van der Waals surface area contributed by atoms with Crippen LogP contribution in [-0.2, 0) is 4.74 Å². The van der Waals surface area contributed by atoms with Gasteiger partial charge in [-0.2, -0.15) is 0 Å². The van der Waals surface area contributed by atoms with Crippen LogP contribution in [0.25, 0.3) is 11.0 Å². The minimum Gasteiger partial charge on any atom is -0.449 e. The van der Waals surface area contributed by atoms with Crippen LogP contribution >= 0.6 is 0 Å². The summed E-state index contributed by atoms with van der Waals surface area (Å²) in [6.45, 7) is 7.62. The highest BCUT2D eigenvalue weighted by Crippen LogP contribution is 2.51. The van der Waals surface area contributed by atoms with Gasteiger partial charge in [0.2, 0.25) is 0 Å². The van der Waals surface area contributed by atoms with Crippen molar-refractivity contribution >= 4 is 23.0 Å². The Hall–Kier alpha value is -2.57. The summed E-state index contributed by atoms with van der Waals surface area (Å²) < 4.78 is 10.9. The number of nitrogens with zero attached hydrogens (tertiary/aromatic N) is 2. The van der Waals surface area contributed by atoms with Crippen LogP contribution in [0.3, 0.4) is 0 Å². The van der Waals surface area contributed by atoms with E-state index in [-0.39, 0.29) is 12.0 Å². The van der Waals surface area contributed by atoms with Crippen LogP contribution < -0.4 is 5.32 Å². The van der Waals surface area contributed by atoms with E-state index in [1.807, 2.05) is 26.8 Å². The number of amides is 2. The Bertz CT molecular complexity index is 809. The van der Waals surface area contributed by atoms with Gasteiger partial charge in [0.25, 0.3) is 5.91 Å². The summed E-state index contributed by atoms with van der Waals surface area (Å²) in [4.78, 5) is 30.1. The molecule has 2 aliphatic rings. The Morgan fingerprint density at radius 3 is 2.73 bits per heavy atom. The quantitative estimate of drug-likeness (QED) is 0.913. The van der Waals surface area contributed by atoms with Crippen LogP contribution in [0.1, 0.15) is 31.3 Å². The van der Waals surface area contributed by atoms with Gasteiger partial charge in [0.1, 0.15) is 5.60 Å². The number of hydrogen-bond acceptors (Lipinski definition) is 5. The Labute approximate surface area is 151 Å². The third kappa shape index (κ3) is 3.25. The lowest BCUT2D eigenvalue weighted by Crippen LogP contribution is -2.38. The summed E-state index contributed by atoms with van der Waals surface area (Å²) in [6.07, 6.45) is 3.02. The molecule has 7 nitrogen and oxygen atoms in total. The molecule has 2 atom stereocenters. The van der Waals surface area contributed by atoms with E-state index in [0.717, 1.165) is 5.39 Å². The molecule has 2 aromatic rings. The van der Waals surface area contributed by atoms with Gasteiger partial charge in [-0.05, 0) is 50.7 Å². The fourth-order valence-electron chi connectivity index (χ4n) is 3.72. The minimum atomic E-state index is -0.473. The van der Waals surface area contributed by atoms with Crippen molar-refractivity contribution in [3.05, 3.63) is 30.3 Å². The number of aromatic nitrogens is 1. The molecule has 0 radical (unpaired) electrons. The maximum absolute atomic E-state index is 12.3. The first kappa shape index (κ1) is 16.9. The lowest BCUT2D eigenvalue weighted by Gasteiger charge is -2.25. The number of carbonyl (C=O) groups excluding carboxylic acids is 2. The summed E-state index contributed by atoms with van der Waals surface area (Å²) in [6, 6.07) is 3.54. The average molecular weight is 357 g/mol. The van der Waals surface area contributed by atoms with Gasteiger partial charge < -0.3 is 19.4 Å². The average Bonchev–Trinajstić information content (AvgIpc) is 2.94. The molecule has 0 aromatic carbocycles. The molecule has 0 spiro atoms. The number of rotatable bonds is 3. The van der Waals surface area contributed by atoms with Gasteiger partial charge in [-0.1, -0.05) is 0 Å². The number of nitrogens with one attached hydrogen (secondary N) is 1. The topological polar surface area (TPSA) is 84.7 Å². The number of likely N-dealkylation sites (tertiary alicyclic amines) is 1. The summed E-state index contributed by atoms with van der Waals surface area (Å²) in [5.41, 5.74) is 0.133. The normalized spacial score (nSPS) is 24.4. The smallest absolute Gasteiger partial charge is 0.410 e. The van der Waals surface area contributed by atoms with Crippen molar-refractivity contribution in [2.24, 2.45) is 17.8 Å². The Kier molecular flexibility index (Phi) is 3.89. The van der Waals surface area contributed by atoms with Crippen molar-refractivity contribution < 1.29 is 18.7 Å². The number of pyridine rings is 1. The van der Waals surface area contributed by atoms with E-state index in [2.05, 4.69) is 10.3 Å². The van der Waals surface area contributed by atoms with Crippen molar-refractivity contribution in [1.82, 2.24) is 15.2 Å². The molecule has 4 rings (SSSR count). The number of carbonyl (C=O) groups is 2. The summed E-state index contributed by atoms with van der Waals surface area (Å²) in [5, 5.41) is 3.81. The Balaban J connectivity index is 1.26. The van der Waals surface area contributed by atoms with Crippen LogP contribution in [0.2, 0.25) is 0 Å². The van der Waals surface area contributed by atoms with E-state index >= 15 is 0 Å². The number of fused-ring (bicyclic) bond motifs is 2. The molecule has 3 heterocycles. The summed E-state index contributed by atoms with van der Waals surface area (Å²) in [5.74, 6) is 1.40. The second-order valence-corrected chi connectivity index (χ2v) is 8.11. The van der Waals surface area contributed by atoms with Crippen LogP contribution in [0.15, 0.2) is 28.9 Å². The molecule has 2 aromatic heterocycles. The monoisotopic (exact) mass is 357 g/mol. The fraction of sp³-hybridized carbons (Fsp3) is 0.526. The van der Waals surface area contributed by atoms with E-state index in [1.54, 1.807) is 23.4 Å². The van der Waals surface area contributed by atoms with Crippen molar-refractivity contribution in [2.45, 2.75) is 26.4 Å². The van der Waals surface area contributed by atoms with E-state index in [1.165, 1.54) is 0 Å². The van der Waals surface area contributed by atoms with Gasteiger partial charge >= 0.3 is 6.09 Å². The third-order valence-electron chi connectivity index (χ3n) is 5.07. The number of ether oxygens (including phenoxy) is 1. The maximum Gasteiger partial charge on any atom is 0.410 e. The molecule has 1 saturated carbocycles. The van der Waals surface area contributed by atoms with Crippen LogP contribution in [0.5, 0.6) is 0 Å². The van der Waals surface area contributed by atoms with Crippen molar-refractivity contribution in [1.29, 1.82) is 0 Å². The van der Waals surface area contributed by atoms with Crippen LogP contribution in [0, 0.1) is 17.8 Å². The summed E-state index contributed by atoms with van der Waals surface area (Å²) in [7, 11) is 0. The predicted molar refractivity (Wildman–Crippen MR) is 94.6 cm³/mol. The van der Waals surface area contributed by atoms with E-state index in [9.17, 15) is 9.59 Å². The molecule has 26 heavy (non-hydrogen) atoms. The maximum atomic E-state index is 12.3. The molecule has 1 saturated heterocycles. The van der Waals surface area contributed by atoms with Gasteiger partial charge in [-0.25, -0.2) is 4.79 Å². The van der Waals surface area contributed by atoms with Crippen molar-refractivity contribution in [2.75, 3.05) is 19.6 Å². The molecule has 1 N–H and O–H groups in total. The zero-order valence-corrected chi connectivity index (χ0v) is 15.2. The molecule has 2 amide bonds. The molecule has 2 unspecified atom stereocenters. The SMILES string of the molecule is CC(C)(C)OC(=O)N1CC2C(CNC(=O)c3cc4ccncc4o3)C2C1. The number of furan rings is 1. The van der Waals surface area contributed by atoms with Gasteiger partial charge in [-0.15, -0.1) is 0 Å². The third-order valence-corrected chi connectivity index (χ3v) is 5.07. The lowest BCUT2D eigenvalue weighted by atomic mass is 10.2. The minimum absolute atomic E-state index is 0.213. The molecular weight excluding hydrogens is 334 g/mol. The van der Waals surface area contributed by atoms with Crippen molar-refractivity contribution in [3.8, 4) is 0 Å². The molecule has 0 bridgehead atoms. The first-order chi connectivity index (χ1) is 12.3. The molecule has 1 aliphatic carbocycles. The number of hydrogen-bond donors (Lipinski definition) is 1. The second-order valence-electron chi connectivity index (χ2n) is 8.11. The van der Waals surface area contributed by atoms with Gasteiger partial charge in [-0.3, -0.25) is 9.78 Å². The van der Waals surface area contributed by atoms with E-state index in [4.69, 9.17) is 9.15 Å². The zero-order chi connectivity index (χ0) is 18.5.